The molecule has 1 aromatic carbocycles. The van der Waals surface area contributed by atoms with Crippen LogP contribution in [0.4, 0.5) is 0 Å². The largest absolute Gasteiger partial charge is 0.496 e. The normalized spacial score (nSPS) is 10.2. The molecule has 0 aromatic heterocycles. The minimum Gasteiger partial charge on any atom is -0.496 e. The Balaban J connectivity index is 2.54. The van der Waals surface area contributed by atoms with Crippen molar-refractivity contribution >= 4 is 11.8 Å². The number of hydrogen-bond acceptors (Lipinski definition) is 4. The number of Topliss-reactive ketones (excluding diaryl/α,β-unsaturated/α-hetero) is 1. The third-order valence-corrected chi connectivity index (χ3v) is 2.38. The molecule has 0 radical (unpaired) electrons. The van der Waals surface area contributed by atoms with E-state index in [4.69, 9.17) is 9.47 Å². The van der Waals surface area contributed by atoms with Gasteiger partial charge in [-0.3, -0.25) is 4.79 Å². The van der Waals surface area contributed by atoms with Crippen molar-refractivity contribution in [3.63, 3.8) is 0 Å². The molecule has 0 unspecified atom stereocenters. The maximum absolute atomic E-state index is 11.5. The second-order valence-corrected chi connectivity index (χ2v) is 4.19. The summed E-state index contributed by atoms with van der Waals surface area (Å²) in [6.07, 6.45) is 0.329. The number of rotatable bonds is 6. The van der Waals surface area contributed by atoms with Crippen LogP contribution in [0.1, 0.15) is 25.8 Å². The molecule has 0 saturated heterocycles. The van der Waals surface area contributed by atoms with Crippen LogP contribution < -0.4 is 4.74 Å². The van der Waals surface area contributed by atoms with E-state index in [1.165, 1.54) is 0 Å². The number of carbonyl (C=O) groups excluding carboxylic acids is 2. The standard InChI is InChI=1S/C14H18O4/c1-10(2)18-14(16)12(15)9-8-11-6-4-5-7-13(11)17-3/h4-7,10H,8-9H2,1-3H3. The summed E-state index contributed by atoms with van der Waals surface area (Å²) in [4.78, 5) is 22.9. The fourth-order valence-electron chi connectivity index (χ4n) is 1.54. The van der Waals surface area contributed by atoms with Crippen molar-refractivity contribution in [3.05, 3.63) is 29.8 Å². The molecule has 4 nitrogen and oxygen atoms in total. The van der Waals surface area contributed by atoms with Gasteiger partial charge in [0.05, 0.1) is 13.2 Å². The van der Waals surface area contributed by atoms with E-state index in [1.807, 2.05) is 24.3 Å². The van der Waals surface area contributed by atoms with E-state index in [1.54, 1.807) is 21.0 Å². The quantitative estimate of drug-likeness (QED) is 0.573. The van der Waals surface area contributed by atoms with Gasteiger partial charge in [-0.15, -0.1) is 0 Å². The molecule has 0 bridgehead atoms. The summed E-state index contributed by atoms with van der Waals surface area (Å²) in [5, 5.41) is 0. The van der Waals surface area contributed by atoms with Crippen LogP contribution in [0.2, 0.25) is 0 Å². The molecule has 0 aliphatic heterocycles. The minimum absolute atomic E-state index is 0.131. The van der Waals surface area contributed by atoms with Gasteiger partial charge in [0, 0.05) is 6.42 Å². The van der Waals surface area contributed by atoms with Gasteiger partial charge in [-0.2, -0.15) is 0 Å². The molecule has 1 rings (SSSR count). The summed E-state index contributed by atoms with van der Waals surface area (Å²) < 4.78 is 10.0. The zero-order valence-electron chi connectivity index (χ0n) is 10.9. The molecule has 0 aliphatic carbocycles. The fraction of sp³-hybridized carbons (Fsp3) is 0.429. The number of ether oxygens (including phenoxy) is 2. The average molecular weight is 250 g/mol. The van der Waals surface area contributed by atoms with Crippen molar-refractivity contribution in [2.75, 3.05) is 7.11 Å². The average Bonchev–Trinajstić information content (AvgIpc) is 2.35. The van der Waals surface area contributed by atoms with E-state index in [-0.39, 0.29) is 12.5 Å². The Morgan fingerprint density at radius 3 is 2.50 bits per heavy atom. The van der Waals surface area contributed by atoms with Crippen LogP contribution >= 0.6 is 0 Å². The zero-order valence-corrected chi connectivity index (χ0v) is 10.9. The fourth-order valence-corrected chi connectivity index (χ4v) is 1.54. The first-order valence-electron chi connectivity index (χ1n) is 5.90. The van der Waals surface area contributed by atoms with Crippen LogP contribution in [0.15, 0.2) is 24.3 Å². The molecule has 98 valence electrons. The Labute approximate surface area is 107 Å². The first-order valence-corrected chi connectivity index (χ1v) is 5.90. The molecule has 4 heteroatoms. The van der Waals surface area contributed by atoms with Gasteiger partial charge < -0.3 is 9.47 Å². The Bertz CT molecular complexity index is 424. The predicted molar refractivity (Wildman–Crippen MR) is 67.6 cm³/mol. The van der Waals surface area contributed by atoms with Crippen LogP contribution in [-0.2, 0) is 20.7 Å². The molecule has 1 aromatic rings. The molecule has 0 aliphatic rings. The van der Waals surface area contributed by atoms with E-state index >= 15 is 0 Å². The third-order valence-electron chi connectivity index (χ3n) is 2.38. The summed E-state index contributed by atoms with van der Waals surface area (Å²) in [5.41, 5.74) is 0.908. The second-order valence-electron chi connectivity index (χ2n) is 4.19. The third kappa shape index (κ3) is 4.20. The Morgan fingerprint density at radius 2 is 1.89 bits per heavy atom. The zero-order chi connectivity index (χ0) is 13.5. The van der Waals surface area contributed by atoms with Crippen LogP contribution in [0.3, 0.4) is 0 Å². The smallest absolute Gasteiger partial charge is 0.374 e. The SMILES string of the molecule is COc1ccccc1CCC(=O)C(=O)OC(C)C. The number of carbonyl (C=O) groups is 2. The summed E-state index contributed by atoms with van der Waals surface area (Å²) in [7, 11) is 1.58. The van der Waals surface area contributed by atoms with Crippen LogP contribution in [0.25, 0.3) is 0 Å². The van der Waals surface area contributed by atoms with Crippen molar-refractivity contribution in [3.8, 4) is 5.75 Å². The van der Waals surface area contributed by atoms with Crippen molar-refractivity contribution in [2.45, 2.75) is 32.8 Å². The number of methoxy groups -OCH3 is 1. The van der Waals surface area contributed by atoms with E-state index in [0.717, 1.165) is 11.3 Å². The van der Waals surface area contributed by atoms with Gasteiger partial charge in [-0.1, -0.05) is 18.2 Å². The monoisotopic (exact) mass is 250 g/mol. The lowest BCUT2D eigenvalue weighted by Crippen LogP contribution is -2.21. The summed E-state index contributed by atoms with van der Waals surface area (Å²) in [6, 6.07) is 7.43. The maximum atomic E-state index is 11.5. The van der Waals surface area contributed by atoms with Gasteiger partial charge in [0.25, 0.3) is 0 Å². The van der Waals surface area contributed by atoms with Crippen LogP contribution in [0, 0.1) is 0 Å². The molecule has 0 spiro atoms. The highest BCUT2D eigenvalue weighted by Crippen LogP contribution is 2.18. The predicted octanol–water partition coefficient (Wildman–Crippen LogP) is 2.15. The lowest BCUT2D eigenvalue weighted by atomic mass is 10.1. The molecule has 0 atom stereocenters. The molecule has 0 fully saturated rings. The van der Waals surface area contributed by atoms with Crippen LogP contribution in [-0.4, -0.2) is 25.0 Å². The number of hydrogen-bond donors (Lipinski definition) is 0. The molecule has 0 saturated carbocycles. The van der Waals surface area contributed by atoms with Crippen LogP contribution in [0.5, 0.6) is 5.75 Å². The Hall–Kier alpha value is -1.84. The highest BCUT2D eigenvalue weighted by atomic mass is 16.5. The second kappa shape index (κ2) is 6.79. The van der Waals surface area contributed by atoms with Gasteiger partial charge in [0.1, 0.15) is 5.75 Å². The van der Waals surface area contributed by atoms with Gasteiger partial charge in [0.2, 0.25) is 5.78 Å². The lowest BCUT2D eigenvalue weighted by Gasteiger charge is -2.08. The number of aryl methyl sites for hydroxylation is 1. The van der Waals surface area contributed by atoms with E-state index < -0.39 is 11.8 Å². The first-order chi connectivity index (χ1) is 8.54. The molecular formula is C14H18O4. The van der Waals surface area contributed by atoms with Gasteiger partial charge in [0.15, 0.2) is 0 Å². The lowest BCUT2D eigenvalue weighted by molar-refractivity contribution is -0.156. The Kier molecular flexibility index (Phi) is 5.36. The Morgan fingerprint density at radius 1 is 1.22 bits per heavy atom. The molecule has 0 heterocycles. The van der Waals surface area contributed by atoms with Crippen molar-refractivity contribution in [1.29, 1.82) is 0 Å². The number of esters is 1. The molecule has 0 amide bonds. The summed E-state index contributed by atoms with van der Waals surface area (Å²) in [5.74, 6) is -0.544. The van der Waals surface area contributed by atoms with Gasteiger partial charge in [-0.05, 0) is 31.9 Å². The van der Waals surface area contributed by atoms with Crippen molar-refractivity contribution in [1.82, 2.24) is 0 Å². The minimum atomic E-state index is -0.764. The van der Waals surface area contributed by atoms with E-state index in [9.17, 15) is 9.59 Å². The van der Waals surface area contributed by atoms with Gasteiger partial charge >= 0.3 is 5.97 Å². The first kappa shape index (κ1) is 14.2. The maximum Gasteiger partial charge on any atom is 0.374 e. The molecule has 0 N–H and O–H groups in total. The number of para-hydroxylation sites is 1. The highest BCUT2D eigenvalue weighted by molar-refractivity contribution is 6.33. The number of ketones is 1. The highest BCUT2D eigenvalue weighted by Gasteiger charge is 2.17. The van der Waals surface area contributed by atoms with E-state index in [0.29, 0.717) is 6.42 Å². The van der Waals surface area contributed by atoms with Crippen molar-refractivity contribution < 1.29 is 19.1 Å². The molecular weight excluding hydrogens is 232 g/mol. The topological polar surface area (TPSA) is 52.6 Å². The summed E-state index contributed by atoms with van der Waals surface area (Å²) >= 11 is 0. The summed E-state index contributed by atoms with van der Waals surface area (Å²) in [6.45, 7) is 3.43. The van der Waals surface area contributed by atoms with E-state index in [2.05, 4.69) is 0 Å². The van der Waals surface area contributed by atoms with Crippen molar-refractivity contribution in [2.24, 2.45) is 0 Å². The van der Waals surface area contributed by atoms with Gasteiger partial charge in [-0.25, -0.2) is 4.79 Å². The number of benzene rings is 1. The molecule has 18 heavy (non-hydrogen) atoms.